The van der Waals surface area contributed by atoms with Crippen LogP contribution in [0.15, 0.2) is 82.6 Å². The highest BCUT2D eigenvalue weighted by atomic mass is 32.2. The molecule has 0 aromatic heterocycles. The summed E-state index contributed by atoms with van der Waals surface area (Å²) in [6.45, 7) is 7.25. The number of nitrogens with one attached hydrogen (secondary N) is 3. The Bertz CT molecular complexity index is 1970. The number of aryl methyl sites for hydroxylation is 2. The van der Waals surface area contributed by atoms with Crippen molar-refractivity contribution in [1.29, 1.82) is 0 Å². The minimum atomic E-state index is -3.95. The van der Waals surface area contributed by atoms with Crippen molar-refractivity contribution in [2.75, 3.05) is 20.9 Å². The summed E-state index contributed by atoms with van der Waals surface area (Å²) >= 11 is 0. The van der Waals surface area contributed by atoms with E-state index in [0.29, 0.717) is 36.3 Å². The molecule has 1 unspecified atom stereocenters. The number of carbonyl (C=O) groups excluding carboxylic acids is 2. The summed E-state index contributed by atoms with van der Waals surface area (Å²) in [5.41, 5.74) is 3.60. The lowest BCUT2D eigenvalue weighted by Gasteiger charge is -2.20. The Morgan fingerprint density at radius 3 is 1.71 bits per heavy atom. The van der Waals surface area contributed by atoms with E-state index in [2.05, 4.69) is 14.8 Å². The first-order valence-electron chi connectivity index (χ1n) is 14.9. The highest BCUT2D eigenvalue weighted by Crippen LogP contribution is 2.39. The van der Waals surface area contributed by atoms with Crippen LogP contribution >= 0.6 is 0 Å². The second-order valence-corrected chi connectivity index (χ2v) is 15.0. The van der Waals surface area contributed by atoms with E-state index in [9.17, 15) is 35.2 Å². The van der Waals surface area contributed by atoms with Gasteiger partial charge in [0.15, 0.2) is 5.78 Å². The van der Waals surface area contributed by atoms with Gasteiger partial charge in [-0.05, 0) is 74.7 Å². The predicted molar refractivity (Wildman–Crippen MR) is 179 cm³/mol. The van der Waals surface area contributed by atoms with Crippen LogP contribution in [0, 0.1) is 25.5 Å². The van der Waals surface area contributed by atoms with E-state index in [1.807, 2.05) is 13.8 Å². The summed E-state index contributed by atoms with van der Waals surface area (Å²) in [6.07, 6.45) is 0.564. The minimum absolute atomic E-state index is 0.0374. The van der Waals surface area contributed by atoms with E-state index in [-0.39, 0.29) is 32.9 Å². The second-order valence-electron chi connectivity index (χ2n) is 11.6. The van der Waals surface area contributed by atoms with Crippen LogP contribution in [0.3, 0.4) is 0 Å². The first-order valence-corrected chi connectivity index (χ1v) is 17.9. The molecule has 6 rings (SSSR count). The van der Waals surface area contributed by atoms with Crippen LogP contribution in [0.5, 0.6) is 0 Å². The molecule has 1 amide bonds. The SMILES string of the molecule is CC(=O)C1NCc2ccc(F)c(NS(=O)(=O)c3ccc(C)cc3)c21.CC(=O)N1CCc2ccc(F)c(NS(=O)(=O)c3ccc(C)cc3)c21. The van der Waals surface area contributed by atoms with Gasteiger partial charge in [-0.25, -0.2) is 25.6 Å². The molecule has 48 heavy (non-hydrogen) atoms. The molecule has 4 aromatic rings. The van der Waals surface area contributed by atoms with Crippen molar-refractivity contribution < 1.29 is 35.2 Å². The Morgan fingerprint density at radius 1 is 0.729 bits per heavy atom. The van der Waals surface area contributed by atoms with E-state index in [1.54, 1.807) is 36.4 Å². The van der Waals surface area contributed by atoms with E-state index < -0.39 is 37.7 Å². The van der Waals surface area contributed by atoms with Gasteiger partial charge in [0.1, 0.15) is 17.3 Å². The van der Waals surface area contributed by atoms with Gasteiger partial charge in [0.05, 0.1) is 27.2 Å². The number of hydrogen-bond acceptors (Lipinski definition) is 7. The molecule has 2 aliphatic rings. The van der Waals surface area contributed by atoms with Crippen LogP contribution in [0.25, 0.3) is 0 Å². The zero-order valence-electron chi connectivity index (χ0n) is 26.6. The molecular weight excluding hydrogens is 663 g/mol. The average molecular weight is 697 g/mol. The standard InChI is InChI=1S/2C17H17FN2O3S/c1-11-3-6-14(7-4-11)24(22,23)19-16-15(18)8-5-13-9-10-20(12(2)21)17(13)16;1-10-3-6-13(7-4-10)24(22,23)20-17-14(18)8-5-12-9-19-16(11(2)21)15(12)17/h3-8,19H,9-10H2,1-2H3;3-8,16,19-20H,9H2,1-2H3. The molecule has 0 radical (unpaired) electrons. The van der Waals surface area contributed by atoms with Crippen molar-refractivity contribution in [2.24, 2.45) is 0 Å². The van der Waals surface area contributed by atoms with Gasteiger partial charge in [-0.1, -0.05) is 47.5 Å². The maximum atomic E-state index is 14.3. The van der Waals surface area contributed by atoms with Gasteiger partial charge in [0.2, 0.25) is 5.91 Å². The van der Waals surface area contributed by atoms with Crippen LogP contribution in [-0.2, 0) is 42.6 Å². The number of carbonyl (C=O) groups is 2. The van der Waals surface area contributed by atoms with E-state index in [4.69, 9.17) is 0 Å². The fourth-order valence-corrected chi connectivity index (χ4v) is 7.75. The molecule has 0 saturated carbocycles. The number of amides is 1. The van der Waals surface area contributed by atoms with Crippen molar-refractivity contribution in [3.63, 3.8) is 0 Å². The van der Waals surface area contributed by atoms with E-state index >= 15 is 0 Å². The highest BCUT2D eigenvalue weighted by Gasteiger charge is 2.32. The van der Waals surface area contributed by atoms with Crippen LogP contribution in [0.4, 0.5) is 25.8 Å². The number of rotatable bonds is 7. The predicted octanol–water partition coefficient (Wildman–Crippen LogP) is 5.51. The van der Waals surface area contributed by atoms with Gasteiger partial charge in [-0.3, -0.25) is 24.4 Å². The molecule has 14 heteroatoms. The largest absolute Gasteiger partial charge is 0.310 e. The van der Waals surface area contributed by atoms with Gasteiger partial charge in [0, 0.05) is 25.6 Å². The molecular formula is C34H34F2N4O6S2. The summed E-state index contributed by atoms with van der Waals surface area (Å²) in [5, 5.41) is 2.97. The summed E-state index contributed by atoms with van der Waals surface area (Å²) in [6, 6.07) is 17.4. The maximum absolute atomic E-state index is 14.3. The van der Waals surface area contributed by atoms with Gasteiger partial charge >= 0.3 is 0 Å². The van der Waals surface area contributed by atoms with Gasteiger partial charge in [0.25, 0.3) is 20.0 Å². The van der Waals surface area contributed by atoms with Gasteiger partial charge in [-0.2, -0.15) is 0 Å². The zero-order chi connectivity index (χ0) is 35.0. The van der Waals surface area contributed by atoms with Crippen molar-refractivity contribution in [3.8, 4) is 0 Å². The van der Waals surface area contributed by atoms with Gasteiger partial charge < -0.3 is 4.90 Å². The molecule has 0 fully saturated rings. The lowest BCUT2D eigenvalue weighted by atomic mass is 10.00. The fraction of sp³-hybridized carbons (Fsp3) is 0.235. The normalized spacial score (nSPS) is 15.2. The Balaban J connectivity index is 0.000000188. The lowest BCUT2D eigenvalue weighted by molar-refractivity contribution is -0.119. The number of nitrogens with zero attached hydrogens (tertiary/aromatic N) is 1. The highest BCUT2D eigenvalue weighted by molar-refractivity contribution is 7.93. The van der Waals surface area contributed by atoms with Gasteiger partial charge in [-0.15, -0.1) is 0 Å². The maximum Gasteiger partial charge on any atom is 0.262 e. The molecule has 0 saturated heterocycles. The Labute approximate surface area is 278 Å². The Kier molecular flexibility index (Phi) is 9.72. The summed E-state index contributed by atoms with van der Waals surface area (Å²) in [5.74, 6) is -1.87. The molecule has 252 valence electrons. The number of sulfonamides is 2. The number of Topliss-reactive ketones (excluding diaryl/α,β-unsaturated/α-hetero) is 1. The summed E-state index contributed by atoms with van der Waals surface area (Å²) in [4.78, 5) is 25.0. The van der Waals surface area contributed by atoms with Crippen molar-refractivity contribution >= 4 is 48.8 Å². The number of anilines is 3. The van der Waals surface area contributed by atoms with Crippen LogP contribution < -0.4 is 19.7 Å². The average Bonchev–Trinajstić information content (AvgIpc) is 3.66. The van der Waals surface area contributed by atoms with Crippen molar-refractivity contribution in [1.82, 2.24) is 5.32 Å². The van der Waals surface area contributed by atoms with Crippen molar-refractivity contribution in [3.05, 3.63) is 112 Å². The monoisotopic (exact) mass is 696 g/mol. The molecule has 1 atom stereocenters. The molecule has 4 aromatic carbocycles. The quantitative estimate of drug-likeness (QED) is 0.231. The number of benzene rings is 4. The lowest BCUT2D eigenvalue weighted by Crippen LogP contribution is -2.27. The third-order valence-electron chi connectivity index (χ3n) is 8.08. The Morgan fingerprint density at radius 2 is 1.21 bits per heavy atom. The fourth-order valence-electron chi connectivity index (χ4n) is 5.58. The molecule has 0 bridgehead atoms. The van der Waals surface area contributed by atoms with Crippen molar-refractivity contribution in [2.45, 2.75) is 56.5 Å². The third kappa shape index (κ3) is 7.10. The third-order valence-corrected chi connectivity index (χ3v) is 10.8. The number of hydrogen-bond donors (Lipinski definition) is 3. The first-order chi connectivity index (χ1) is 22.6. The summed E-state index contributed by atoms with van der Waals surface area (Å²) in [7, 11) is -7.90. The minimum Gasteiger partial charge on any atom is -0.310 e. The molecule has 2 aliphatic heterocycles. The summed E-state index contributed by atoms with van der Waals surface area (Å²) < 4.78 is 83.5. The second kappa shape index (κ2) is 13.5. The van der Waals surface area contributed by atoms with Crippen LogP contribution in [0.1, 0.15) is 47.7 Å². The van der Waals surface area contributed by atoms with Crippen LogP contribution in [-0.4, -0.2) is 35.1 Å². The molecule has 0 spiro atoms. The molecule has 0 aliphatic carbocycles. The zero-order valence-corrected chi connectivity index (χ0v) is 28.2. The Hall–Kier alpha value is -4.66. The first kappa shape index (κ1) is 34.7. The number of fused-ring (bicyclic) bond motifs is 2. The van der Waals surface area contributed by atoms with E-state index in [1.165, 1.54) is 55.1 Å². The molecule has 3 N–H and O–H groups in total. The van der Waals surface area contributed by atoms with Crippen LogP contribution in [0.2, 0.25) is 0 Å². The number of ketones is 1. The number of halogens is 2. The van der Waals surface area contributed by atoms with E-state index in [0.717, 1.165) is 16.7 Å². The topological polar surface area (TPSA) is 142 Å². The molecule has 2 heterocycles. The smallest absolute Gasteiger partial charge is 0.262 e. The molecule has 10 nitrogen and oxygen atoms in total.